The predicted molar refractivity (Wildman–Crippen MR) is 103 cm³/mol. The highest BCUT2D eigenvalue weighted by atomic mass is 16.5. The molecule has 7 heteroatoms. The number of carbonyl (C=O) groups is 2. The van der Waals surface area contributed by atoms with E-state index in [2.05, 4.69) is 10.2 Å². The van der Waals surface area contributed by atoms with Gasteiger partial charge in [0.25, 0.3) is 5.56 Å². The van der Waals surface area contributed by atoms with E-state index in [9.17, 15) is 14.4 Å². The van der Waals surface area contributed by atoms with Gasteiger partial charge in [0.05, 0.1) is 23.1 Å². The monoisotopic (exact) mass is 380 g/mol. The average molecular weight is 380 g/mol. The maximum absolute atomic E-state index is 12.4. The highest BCUT2D eigenvalue weighted by Crippen LogP contribution is 2.25. The quantitative estimate of drug-likeness (QED) is 0.683. The van der Waals surface area contributed by atoms with Crippen molar-refractivity contribution >= 4 is 22.7 Å². The standard InChI is InChI=1S/C21H20N2O5/c1-4-27-21(26)17-12(2)10-15-16(22-23-19(24)18(15)13(17)3)11-28-20(25)14-8-6-5-7-9-14/h5-10H,4,11H2,1-3H3,(H,23,24). The van der Waals surface area contributed by atoms with Gasteiger partial charge < -0.3 is 9.47 Å². The third kappa shape index (κ3) is 3.64. The summed E-state index contributed by atoms with van der Waals surface area (Å²) < 4.78 is 10.4. The van der Waals surface area contributed by atoms with Crippen LogP contribution in [0.25, 0.3) is 10.8 Å². The van der Waals surface area contributed by atoms with Crippen molar-refractivity contribution in [3.8, 4) is 0 Å². The molecular weight excluding hydrogens is 360 g/mol. The maximum atomic E-state index is 12.4. The minimum atomic E-state index is -0.488. The second kappa shape index (κ2) is 8.04. The first-order chi connectivity index (χ1) is 13.4. The Kier molecular flexibility index (Phi) is 5.54. The van der Waals surface area contributed by atoms with Crippen LogP contribution in [0.1, 0.15) is 44.5 Å². The van der Waals surface area contributed by atoms with E-state index < -0.39 is 17.5 Å². The highest BCUT2D eigenvalue weighted by Gasteiger charge is 2.20. The van der Waals surface area contributed by atoms with Crippen LogP contribution in [0, 0.1) is 13.8 Å². The number of aromatic amines is 1. The van der Waals surface area contributed by atoms with Gasteiger partial charge in [0.15, 0.2) is 0 Å². The fourth-order valence-electron chi connectivity index (χ4n) is 3.16. The lowest BCUT2D eigenvalue weighted by Gasteiger charge is -2.13. The zero-order valence-electron chi connectivity index (χ0n) is 15.9. The highest BCUT2D eigenvalue weighted by molar-refractivity contribution is 6.00. The molecule has 3 aromatic rings. The molecule has 0 bridgehead atoms. The number of nitrogens with one attached hydrogen (secondary N) is 1. The molecule has 144 valence electrons. The second-order valence-corrected chi connectivity index (χ2v) is 6.28. The number of aryl methyl sites for hydroxylation is 2. The largest absolute Gasteiger partial charge is 0.462 e. The Morgan fingerprint density at radius 2 is 1.79 bits per heavy atom. The fourth-order valence-corrected chi connectivity index (χ4v) is 3.16. The van der Waals surface area contributed by atoms with Gasteiger partial charge >= 0.3 is 11.9 Å². The Morgan fingerprint density at radius 3 is 2.46 bits per heavy atom. The summed E-state index contributed by atoms with van der Waals surface area (Å²) in [5.41, 5.74) is 1.93. The molecule has 0 spiro atoms. The summed E-state index contributed by atoms with van der Waals surface area (Å²) >= 11 is 0. The number of benzene rings is 2. The molecule has 3 rings (SSSR count). The van der Waals surface area contributed by atoms with Gasteiger partial charge in [-0.15, -0.1) is 0 Å². The van der Waals surface area contributed by atoms with Gasteiger partial charge in [-0.3, -0.25) is 4.79 Å². The van der Waals surface area contributed by atoms with Crippen LogP contribution >= 0.6 is 0 Å². The van der Waals surface area contributed by atoms with Crippen molar-refractivity contribution in [3.05, 3.63) is 74.7 Å². The minimum absolute atomic E-state index is 0.112. The van der Waals surface area contributed by atoms with E-state index in [0.717, 1.165) is 0 Å². The number of esters is 2. The Bertz CT molecular complexity index is 1100. The number of aromatic nitrogens is 2. The van der Waals surface area contributed by atoms with Crippen molar-refractivity contribution in [1.82, 2.24) is 10.2 Å². The number of nitrogens with zero attached hydrogens (tertiary/aromatic N) is 1. The molecule has 7 nitrogen and oxygen atoms in total. The molecule has 0 saturated carbocycles. The van der Waals surface area contributed by atoms with E-state index in [4.69, 9.17) is 9.47 Å². The number of hydrogen-bond acceptors (Lipinski definition) is 6. The van der Waals surface area contributed by atoms with E-state index in [1.807, 2.05) is 0 Å². The molecule has 0 atom stereocenters. The number of carbonyl (C=O) groups excluding carboxylic acids is 2. The van der Waals surface area contributed by atoms with Gasteiger partial charge in [-0.25, -0.2) is 14.7 Å². The predicted octanol–water partition coefficient (Wildman–Crippen LogP) is 3.07. The van der Waals surface area contributed by atoms with Crippen LogP contribution in [0.2, 0.25) is 0 Å². The fraction of sp³-hybridized carbons (Fsp3) is 0.238. The molecule has 0 unspecified atom stereocenters. The molecule has 0 aliphatic heterocycles. The molecular formula is C21H20N2O5. The second-order valence-electron chi connectivity index (χ2n) is 6.28. The number of rotatable bonds is 5. The zero-order valence-corrected chi connectivity index (χ0v) is 15.9. The Labute approximate surface area is 161 Å². The van der Waals surface area contributed by atoms with Crippen LogP contribution in [0.3, 0.4) is 0 Å². The molecule has 0 radical (unpaired) electrons. The first-order valence-corrected chi connectivity index (χ1v) is 8.84. The Morgan fingerprint density at radius 1 is 1.07 bits per heavy atom. The van der Waals surface area contributed by atoms with Crippen LogP contribution in [0.15, 0.2) is 41.2 Å². The summed E-state index contributed by atoms with van der Waals surface area (Å²) in [6, 6.07) is 10.3. The van der Waals surface area contributed by atoms with Gasteiger partial charge in [0, 0.05) is 5.39 Å². The summed E-state index contributed by atoms with van der Waals surface area (Å²) in [7, 11) is 0. The zero-order chi connectivity index (χ0) is 20.3. The maximum Gasteiger partial charge on any atom is 0.338 e. The van der Waals surface area contributed by atoms with Crippen LogP contribution in [0.5, 0.6) is 0 Å². The van der Waals surface area contributed by atoms with E-state index in [1.165, 1.54) is 0 Å². The van der Waals surface area contributed by atoms with Crippen molar-refractivity contribution in [3.63, 3.8) is 0 Å². The lowest BCUT2D eigenvalue weighted by molar-refractivity contribution is 0.0467. The minimum Gasteiger partial charge on any atom is -0.462 e. The molecule has 1 heterocycles. The number of fused-ring (bicyclic) bond motifs is 1. The molecule has 1 aromatic heterocycles. The summed E-state index contributed by atoms with van der Waals surface area (Å²) in [5.74, 6) is -0.967. The van der Waals surface area contributed by atoms with Crippen LogP contribution < -0.4 is 5.56 Å². The van der Waals surface area contributed by atoms with Crippen LogP contribution in [-0.4, -0.2) is 28.7 Å². The number of ether oxygens (including phenoxy) is 2. The van der Waals surface area contributed by atoms with Gasteiger partial charge in [-0.2, -0.15) is 5.10 Å². The van der Waals surface area contributed by atoms with Crippen molar-refractivity contribution in [2.75, 3.05) is 6.61 Å². The van der Waals surface area contributed by atoms with Crippen molar-refractivity contribution in [2.45, 2.75) is 27.4 Å². The van der Waals surface area contributed by atoms with E-state index >= 15 is 0 Å². The van der Waals surface area contributed by atoms with E-state index in [0.29, 0.717) is 38.7 Å². The van der Waals surface area contributed by atoms with Crippen molar-refractivity contribution < 1.29 is 19.1 Å². The smallest absolute Gasteiger partial charge is 0.338 e. The summed E-state index contributed by atoms with van der Waals surface area (Å²) in [6.45, 7) is 5.30. The topological polar surface area (TPSA) is 98.3 Å². The third-order valence-electron chi connectivity index (χ3n) is 4.43. The molecule has 0 aliphatic rings. The Hall–Kier alpha value is -3.48. The first kappa shape index (κ1) is 19.3. The summed E-state index contributed by atoms with van der Waals surface area (Å²) in [5, 5.41) is 7.31. The van der Waals surface area contributed by atoms with Gasteiger partial charge in [-0.1, -0.05) is 18.2 Å². The molecule has 1 N–H and O–H groups in total. The first-order valence-electron chi connectivity index (χ1n) is 8.84. The number of H-pyrrole nitrogens is 1. The van der Waals surface area contributed by atoms with Crippen LogP contribution in [0.4, 0.5) is 0 Å². The van der Waals surface area contributed by atoms with Crippen molar-refractivity contribution in [2.24, 2.45) is 0 Å². The number of hydrogen-bond donors (Lipinski definition) is 1. The SMILES string of the molecule is CCOC(=O)c1c(C)cc2c(COC(=O)c3ccccc3)n[nH]c(=O)c2c1C. The lowest BCUT2D eigenvalue weighted by Crippen LogP contribution is -2.17. The summed E-state index contributed by atoms with van der Waals surface area (Å²) in [4.78, 5) is 36.8. The Balaban J connectivity index is 2.01. The van der Waals surface area contributed by atoms with Crippen LogP contribution in [-0.2, 0) is 16.1 Å². The molecule has 2 aromatic carbocycles. The normalized spacial score (nSPS) is 10.7. The lowest BCUT2D eigenvalue weighted by atomic mass is 9.96. The van der Waals surface area contributed by atoms with Gasteiger partial charge in [0.2, 0.25) is 0 Å². The molecule has 0 amide bonds. The van der Waals surface area contributed by atoms with Gasteiger partial charge in [-0.05, 0) is 50.1 Å². The van der Waals surface area contributed by atoms with Gasteiger partial charge in [0.1, 0.15) is 12.3 Å². The van der Waals surface area contributed by atoms with Crippen molar-refractivity contribution in [1.29, 1.82) is 0 Å². The molecule has 0 saturated heterocycles. The molecule has 0 aliphatic carbocycles. The summed E-state index contributed by atoms with van der Waals surface area (Å²) in [6.07, 6.45) is 0. The molecule has 0 fully saturated rings. The third-order valence-corrected chi connectivity index (χ3v) is 4.43. The van der Waals surface area contributed by atoms with E-state index in [-0.39, 0.29) is 13.2 Å². The average Bonchev–Trinajstić information content (AvgIpc) is 2.67. The molecule has 28 heavy (non-hydrogen) atoms. The van der Waals surface area contributed by atoms with E-state index in [1.54, 1.807) is 57.2 Å².